The summed E-state index contributed by atoms with van der Waals surface area (Å²) < 4.78 is 50.0. The fourth-order valence-corrected chi connectivity index (χ4v) is 2.94. The van der Waals surface area contributed by atoms with E-state index in [1.165, 1.54) is 0 Å². The Balaban J connectivity index is 1.84. The van der Waals surface area contributed by atoms with Gasteiger partial charge in [0, 0.05) is 0 Å². The molecule has 0 aliphatic rings. The van der Waals surface area contributed by atoms with Crippen LogP contribution in [0.4, 0.5) is 18.9 Å². The van der Waals surface area contributed by atoms with Gasteiger partial charge >= 0.3 is 12.1 Å². The van der Waals surface area contributed by atoms with E-state index in [2.05, 4.69) is 10.4 Å². The number of para-hydroxylation sites is 1. The molecule has 0 unspecified atom stereocenters. The van der Waals surface area contributed by atoms with Crippen molar-refractivity contribution in [3.8, 4) is 11.4 Å². The van der Waals surface area contributed by atoms with Crippen molar-refractivity contribution in [1.82, 2.24) is 9.78 Å². The summed E-state index contributed by atoms with van der Waals surface area (Å²) in [6.45, 7) is 0.826. The van der Waals surface area contributed by atoms with Gasteiger partial charge < -0.3 is 14.8 Å². The van der Waals surface area contributed by atoms with Gasteiger partial charge in [0.1, 0.15) is 0 Å². The van der Waals surface area contributed by atoms with Gasteiger partial charge in [-0.1, -0.05) is 29.8 Å². The zero-order chi connectivity index (χ0) is 24.9. The molecule has 0 saturated carbocycles. The molecule has 0 bridgehead atoms. The molecule has 0 aliphatic heterocycles. The number of hydrogen-bond donors (Lipinski definition) is 1. The van der Waals surface area contributed by atoms with Crippen molar-refractivity contribution >= 4 is 29.2 Å². The summed E-state index contributed by atoms with van der Waals surface area (Å²) in [6.07, 6.45) is -4.64. The number of amides is 1. The third-order valence-corrected chi connectivity index (χ3v) is 4.62. The van der Waals surface area contributed by atoms with E-state index in [0.29, 0.717) is 11.8 Å². The molecule has 1 heterocycles. The summed E-state index contributed by atoms with van der Waals surface area (Å²) in [5, 5.41) is 6.08. The van der Waals surface area contributed by atoms with Crippen molar-refractivity contribution in [1.29, 1.82) is 0 Å². The molecule has 2 aromatic carbocycles. The van der Waals surface area contributed by atoms with Gasteiger partial charge in [-0.3, -0.25) is 9.59 Å². The van der Waals surface area contributed by atoms with Crippen LogP contribution in [0.15, 0.2) is 59.4 Å². The second kappa shape index (κ2) is 10.4. The van der Waals surface area contributed by atoms with E-state index < -0.39 is 35.8 Å². The number of nitrogens with zero attached hydrogens (tertiary/aromatic N) is 2. The van der Waals surface area contributed by atoms with Crippen molar-refractivity contribution in [2.24, 2.45) is 0 Å². The number of nitrogens with one attached hydrogen (secondary N) is 1. The highest BCUT2D eigenvalue weighted by Crippen LogP contribution is 2.33. The van der Waals surface area contributed by atoms with Crippen LogP contribution in [0.1, 0.15) is 23.0 Å². The van der Waals surface area contributed by atoms with Crippen LogP contribution in [-0.2, 0) is 15.7 Å². The van der Waals surface area contributed by atoms with Crippen molar-refractivity contribution < 1.29 is 32.2 Å². The van der Waals surface area contributed by atoms with Crippen LogP contribution < -0.4 is 15.6 Å². The van der Waals surface area contributed by atoms with Gasteiger partial charge in [0.15, 0.2) is 12.4 Å². The van der Waals surface area contributed by atoms with Gasteiger partial charge in [-0.25, -0.2) is 4.79 Å². The predicted molar refractivity (Wildman–Crippen MR) is 116 cm³/mol. The zero-order valence-electron chi connectivity index (χ0n) is 17.6. The topological polar surface area (TPSA) is 99.5 Å². The van der Waals surface area contributed by atoms with E-state index in [9.17, 15) is 27.6 Å². The average Bonchev–Trinajstić information content (AvgIpc) is 2.79. The molecule has 0 aliphatic carbocycles. The first-order valence-corrected chi connectivity index (χ1v) is 10.1. The minimum atomic E-state index is -4.64. The molecule has 8 nitrogen and oxygen atoms in total. The summed E-state index contributed by atoms with van der Waals surface area (Å²) in [4.78, 5) is 37.2. The number of alkyl halides is 3. The van der Waals surface area contributed by atoms with Gasteiger partial charge in [-0.05, 0) is 37.3 Å². The normalized spacial score (nSPS) is 11.1. The molecule has 1 N–H and O–H groups in total. The Morgan fingerprint density at radius 2 is 1.82 bits per heavy atom. The molecule has 178 valence electrons. The molecule has 34 heavy (non-hydrogen) atoms. The maximum atomic E-state index is 12.9. The smallest absolute Gasteiger partial charge is 0.416 e. The number of ether oxygens (including phenoxy) is 2. The van der Waals surface area contributed by atoms with Crippen molar-refractivity contribution in [3.05, 3.63) is 81.2 Å². The van der Waals surface area contributed by atoms with Gasteiger partial charge in [0.25, 0.3) is 11.5 Å². The van der Waals surface area contributed by atoms with Gasteiger partial charge in [0.2, 0.25) is 5.69 Å². The minimum absolute atomic E-state index is 0.0128. The average molecular weight is 496 g/mol. The number of benzene rings is 2. The number of halogens is 4. The highest BCUT2D eigenvalue weighted by atomic mass is 35.5. The molecule has 0 spiro atoms. The Morgan fingerprint density at radius 3 is 2.47 bits per heavy atom. The molecule has 0 fully saturated rings. The third-order valence-electron chi connectivity index (χ3n) is 4.29. The number of carbonyl (C=O) groups is 2. The second-order valence-corrected chi connectivity index (χ2v) is 7.10. The number of rotatable bonds is 7. The fourth-order valence-electron chi connectivity index (χ4n) is 2.77. The summed E-state index contributed by atoms with van der Waals surface area (Å²) in [5.74, 6) is -2.12. The summed E-state index contributed by atoms with van der Waals surface area (Å²) >= 11 is 5.87. The van der Waals surface area contributed by atoms with E-state index in [1.807, 2.05) is 0 Å². The van der Waals surface area contributed by atoms with Crippen LogP contribution in [0.25, 0.3) is 5.69 Å². The molecule has 3 rings (SSSR count). The molecule has 1 amide bonds. The van der Waals surface area contributed by atoms with E-state index in [-0.39, 0.29) is 28.8 Å². The van der Waals surface area contributed by atoms with E-state index in [1.54, 1.807) is 37.3 Å². The summed E-state index contributed by atoms with van der Waals surface area (Å²) in [7, 11) is 0. The highest BCUT2D eigenvalue weighted by molar-refractivity contribution is 6.33. The molecule has 12 heteroatoms. The Bertz CT molecular complexity index is 1260. The first-order valence-electron chi connectivity index (χ1n) is 9.76. The monoisotopic (exact) mass is 495 g/mol. The van der Waals surface area contributed by atoms with E-state index >= 15 is 0 Å². The summed E-state index contributed by atoms with van der Waals surface area (Å²) in [6, 6.07) is 11.6. The van der Waals surface area contributed by atoms with Crippen molar-refractivity contribution in [2.45, 2.75) is 13.1 Å². The molecular weight excluding hydrogens is 479 g/mol. The molecular formula is C22H17ClF3N3O5. The van der Waals surface area contributed by atoms with Crippen molar-refractivity contribution in [3.63, 3.8) is 0 Å². The Hall–Kier alpha value is -3.86. The number of aromatic nitrogens is 2. The number of esters is 1. The summed E-state index contributed by atoms with van der Waals surface area (Å²) in [5.41, 5.74) is -1.94. The molecule has 3 aromatic rings. The predicted octanol–water partition coefficient (Wildman–Crippen LogP) is 4.10. The Morgan fingerprint density at radius 1 is 1.12 bits per heavy atom. The molecule has 0 radical (unpaired) electrons. The lowest BCUT2D eigenvalue weighted by atomic mass is 10.2. The van der Waals surface area contributed by atoms with Crippen molar-refractivity contribution in [2.75, 3.05) is 18.5 Å². The fraction of sp³-hybridized carbons (Fsp3) is 0.182. The Labute approximate surface area is 195 Å². The Kier molecular flexibility index (Phi) is 7.57. The van der Waals surface area contributed by atoms with Crippen LogP contribution in [0.3, 0.4) is 0 Å². The first-order chi connectivity index (χ1) is 16.1. The third kappa shape index (κ3) is 5.93. The molecule has 1 aromatic heterocycles. The quantitative estimate of drug-likeness (QED) is 0.495. The maximum absolute atomic E-state index is 12.9. The van der Waals surface area contributed by atoms with E-state index in [0.717, 1.165) is 22.9 Å². The maximum Gasteiger partial charge on any atom is 0.416 e. The lowest BCUT2D eigenvalue weighted by Gasteiger charge is -2.14. The zero-order valence-corrected chi connectivity index (χ0v) is 18.3. The standard InChI is InChI=1S/C22H17ClF3N3O5/c1-2-33-21(32)20-17(11-19(31)29(28-20)14-6-4-3-5-7-14)34-12-18(30)27-16-10-13(22(24,25)26)8-9-15(16)23/h3-11H,2,12H2,1H3,(H,27,30). The van der Waals surface area contributed by atoms with Gasteiger partial charge in [-0.2, -0.15) is 23.0 Å². The number of carbonyl (C=O) groups excluding carboxylic acids is 2. The van der Waals surface area contributed by atoms with E-state index in [4.69, 9.17) is 21.1 Å². The highest BCUT2D eigenvalue weighted by Gasteiger charge is 2.31. The van der Waals surface area contributed by atoms with Crippen LogP contribution in [0, 0.1) is 0 Å². The van der Waals surface area contributed by atoms with Crippen LogP contribution in [-0.4, -0.2) is 34.9 Å². The van der Waals surface area contributed by atoms with Gasteiger partial charge in [0.05, 0.1) is 34.6 Å². The lowest BCUT2D eigenvalue weighted by Crippen LogP contribution is -2.27. The van der Waals surface area contributed by atoms with Crippen LogP contribution in [0.2, 0.25) is 5.02 Å². The second-order valence-electron chi connectivity index (χ2n) is 6.69. The number of hydrogen-bond acceptors (Lipinski definition) is 6. The molecule has 0 atom stereocenters. The van der Waals surface area contributed by atoms with Crippen LogP contribution in [0.5, 0.6) is 5.75 Å². The SMILES string of the molecule is CCOC(=O)c1nn(-c2ccccc2)c(=O)cc1OCC(=O)Nc1cc(C(F)(F)F)ccc1Cl. The first kappa shape index (κ1) is 24.8. The van der Waals surface area contributed by atoms with Gasteiger partial charge in [-0.15, -0.1) is 0 Å². The lowest BCUT2D eigenvalue weighted by molar-refractivity contribution is -0.137. The number of anilines is 1. The molecule has 0 saturated heterocycles. The van der Waals surface area contributed by atoms with Crippen LogP contribution >= 0.6 is 11.6 Å². The largest absolute Gasteiger partial charge is 0.481 e. The minimum Gasteiger partial charge on any atom is -0.481 e.